The van der Waals surface area contributed by atoms with Crippen LogP contribution < -0.4 is 5.32 Å². The number of carboxylic acid groups (broad SMARTS) is 2. The highest BCUT2D eigenvalue weighted by molar-refractivity contribution is 5.81. The fourth-order valence-electron chi connectivity index (χ4n) is 3.21. The number of alkyl carbamates (subject to hydrolysis) is 1. The van der Waals surface area contributed by atoms with Crippen molar-refractivity contribution < 1.29 is 29.3 Å². The number of aliphatic carboxylic acids is 2. The number of nitrogens with one attached hydrogen (secondary N) is 1. The molecule has 1 aliphatic carbocycles. The number of hydrogen-bond acceptors (Lipinski definition) is 5. The van der Waals surface area contributed by atoms with Crippen molar-refractivity contribution >= 4 is 18.0 Å². The fraction of sp³-hybridized carbons (Fsp3) is 0.250. The lowest BCUT2D eigenvalue weighted by atomic mass is 10.0. The maximum absolute atomic E-state index is 12.0. The number of benzene rings is 2. The molecule has 140 valence electrons. The van der Waals surface area contributed by atoms with E-state index in [-0.39, 0.29) is 19.4 Å². The number of carbonyl (C=O) groups excluding carboxylic acids is 1. The molecule has 0 saturated carbocycles. The Morgan fingerprint density at radius 3 is 2.70 bits per heavy atom. The topological polar surface area (TPSA) is 113 Å². The van der Waals surface area contributed by atoms with Gasteiger partial charge in [0, 0.05) is 6.42 Å². The number of amides is 1. The van der Waals surface area contributed by atoms with Crippen LogP contribution in [0.25, 0.3) is 12.6 Å². The van der Waals surface area contributed by atoms with Gasteiger partial charge >= 0.3 is 18.0 Å². The summed E-state index contributed by atoms with van der Waals surface area (Å²) >= 11 is 0. The van der Waals surface area contributed by atoms with Crippen LogP contribution in [-0.4, -0.2) is 34.3 Å². The van der Waals surface area contributed by atoms with Gasteiger partial charge in [0.1, 0.15) is 12.6 Å². The van der Waals surface area contributed by atoms with Crippen molar-refractivity contribution in [1.29, 1.82) is 1.43 Å². The summed E-state index contributed by atoms with van der Waals surface area (Å²) in [5, 5.41) is 15.1. The molecule has 3 rings (SSSR count). The second-order valence-corrected chi connectivity index (χ2v) is 6.30. The summed E-state index contributed by atoms with van der Waals surface area (Å²) in [6.45, 7) is 0.00406. The molecule has 2 aromatic carbocycles. The number of rotatable bonds is 7. The normalized spacial score (nSPS) is 13.0. The summed E-state index contributed by atoms with van der Waals surface area (Å²) in [6.07, 6.45) is -0.636. The Hall–Kier alpha value is -3.35. The standard InChI is InChI=1S/C20H19NO6/c22-18(23)9-8-17(19(24)25)21-20(26)27-11-13-5-3-7-15-14-6-2-1-4-12(14)10-16(13)15/h1-7,17H,8-11H2,(H,21,26)(H,22,23)(H,24,25)/t17-/m0/s1/i/hD. The van der Waals surface area contributed by atoms with E-state index < -0.39 is 24.1 Å². The Kier molecular flexibility index (Phi) is 5.00. The number of fused-ring (bicyclic) bond motifs is 3. The van der Waals surface area contributed by atoms with Crippen molar-refractivity contribution in [2.75, 3.05) is 0 Å². The van der Waals surface area contributed by atoms with E-state index in [0.29, 0.717) is 0 Å². The van der Waals surface area contributed by atoms with E-state index in [4.69, 9.17) is 11.3 Å². The molecule has 0 aromatic heterocycles. The van der Waals surface area contributed by atoms with E-state index in [1.807, 2.05) is 30.3 Å². The molecule has 0 unspecified atom stereocenters. The molecular formula is C20H19NO6. The van der Waals surface area contributed by atoms with Gasteiger partial charge in [-0.3, -0.25) is 4.79 Å². The summed E-state index contributed by atoms with van der Waals surface area (Å²) in [4.78, 5) is 34.2. The first-order valence-corrected chi connectivity index (χ1v) is 8.50. The third kappa shape index (κ3) is 4.25. The minimum atomic E-state index is -1.31. The second-order valence-electron chi connectivity index (χ2n) is 6.30. The van der Waals surface area contributed by atoms with Crippen LogP contribution in [0.3, 0.4) is 0 Å². The van der Waals surface area contributed by atoms with Crippen molar-refractivity contribution in [3.8, 4) is 11.1 Å². The van der Waals surface area contributed by atoms with Crippen LogP contribution in [0.15, 0.2) is 42.5 Å². The minimum Gasteiger partial charge on any atom is -0.481 e. The Labute approximate surface area is 157 Å². The van der Waals surface area contributed by atoms with Crippen LogP contribution in [-0.2, 0) is 27.4 Å². The highest BCUT2D eigenvalue weighted by Gasteiger charge is 2.23. The first-order chi connectivity index (χ1) is 13.5. The highest BCUT2D eigenvalue weighted by Crippen LogP contribution is 2.38. The largest absolute Gasteiger partial charge is 0.481 e. The van der Waals surface area contributed by atoms with Gasteiger partial charge in [0.25, 0.3) is 1.43 Å². The quantitative estimate of drug-likeness (QED) is 0.589. The fourth-order valence-corrected chi connectivity index (χ4v) is 3.21. The van der Waals surface area contributed by atoms with Crippen molar-refractivity contribution in [3.63, 3.8) is 0 Å². The molecule has 2 aromatic rings. The Bertz CT molecular complexity index is 913. The van der Waals surface area contributed by atoms with Gasteiger partial charge in [0.2, 0.25) is 0 Å². The van der Waals surface area contributed by atoms with Crippen molar-refractivity contribution in [1.82, 2.24) is 5.32 Å². The molecule has 3 N–H and O–H groups in total. The molecule has 1 aliphatic rings. The van der Waals surface area contributed by atoms with Gasteiger partial charge in [-0.25, -0.2) is 9.59 Å². The SMILES string of the molecule is [2H]OC(=O)CC[C@H](NC(=O)OCc1cccc2c1Cc1ccccc1-2)C(=O)O. The molecule has 7 heteroatoms. The van der Waals surface area contributed by atoms with E-state index in [2.05, 4.69) is 22.6 Å². The lowest BCUT2D eigenvalue weighted by Gasteiger charge is -2.14. The number of carbonyl (C=O) groups is 3. The van der Waals surface area contributed by atoms with Crippen molar-refractivity contribution in [3.05, 3.63) is 59.2 Å². The van der Waals surface area contributed by atoms with Crippen molar-refractivity contribution in [2.45, 2.75) is 31.9 Å². The molecule has 0 spiro atoms. The van der Waals surface area contributed by atoms with Crippen LogP contribution in [0.2, 0.25) is 0 Å². The van der Waals surface area contributed by atoms with E-state index in [9.17, 15) is 14.4 Å². The average molecular weight is 370 g/mol. The summed E-state index contributed by atoms with van der Waals surface area (Å²) in [7, 11) is 0. The Balaban J connectivity index is 1.61. The Morgan fingerprint density at radius 2 is 1.93 bits per heavy atom. The molecule has 0 saturated heterocycles. The third-order valence-electron chi connectivity index (χ3n) is 4.53. The van der Waals surface area contributed by atoms with Crippen LogP contribution in [0.5, 0.6) is 0 Å². The molecule has 0 radical (unpaired) electrons. The van der Waals surface area contributed by atoms with E-state index in [1.165, 1.54) is 5.56 Å². The zero-order valence-electron chi connectivity index (χ0n) is 15.4. The van der Waals surface area contributed by atoms with E-state index in [1.54, 1.807) is 0 Å². The smallest absolute Gasteiger partial charge is 0.408 e. The summed E-state index contributed by atoms with van der Waals surface area (Å²) < 4.78 is 11.7. The van der Waals surface area contributed by atoms with Gasteiger partial charge in [0.15, 0.2) is 0 Å². The van der Waals surface area contributed by atoms with Crippen LogP contribution in [0, 0.1) is 0 Å². The first kappa shape index (κ1) is 17.1. The Morgan fingerprint density at radius 1 is 1.15 bits per heavy atom. The lowest BCUT2D eigenvalue weighted by molar-refractivity contribution is -0.140. The van der Waals surface area contributed by atoms with Gasteiger partial charge in [-0.2, -0.15) is 0 Å². The van der Waals surface area contributed by atoms with Crippen LogP contribution in [0.4, 0.5) is 4.79 Å². The van der Waals surface area contributed by atoms with E-state index >= 15 is 0 Å². The van der Waals surface area contributed by atoms with Gasteiger partial charge < -0.3 is 20.3 Å². The van der Waals surface area contributed by atoms with E-state index in [0.717, 1.165) is 28.7 Å². The predicted molar refractivity (Wildman–Crippen MR) is 96.3 cm³/mol. The molecule has 0 heterocycles. The molecule has 27 heavy (non-hydrogen) atoms. The maximum Gasteiger partial charge on any atom is 0.408 e. The molecule has 0 fully saturated rings. The number of carboxylic acids is 2. The average Bonchev–Trinajstić information content (AvgIpc) is 3.08. The van der Waals surface area contributed by atoms with Crippen LogP contribution in [0.1, 0.15) is 29.5 Å². The van der Waals surface area contributed by atoms with Gasteiger partial charge in [-0.05, 0) is 40.7 Å². The molecule has 0 aliphatic heterocycles. The maximum atomic E-state index is 12.0. The third-order valence-corrected chi connectivity index (χ3v) is 4.53. The van der Waals surface area contributed by atoms with Gasteiger partial charge in [-0.1, -0.05) is 42.5 Å². The number of hydrogen-bond donors (Lipinski definition) is 3. The predicted octanol–water partition coefficient (Wildman–Crippen LogP) is 2.80. The zero-order chi connectivity index (χ0) is 20.1. The molecule has 7 nitrogen and oxygen atoms in total. The summed E-state index contributed by atoms with van der Waals surface area (Å²) in [5.41, 5.74) is 5.42. The van der Waals surface area contributed by atoms with Gasteiger partial charge in [-0.15, -0.1) is 0 Å². The van der Waals surface area contributed by atoms with Crippen molar-refractivity contribution in [2.24, 2.45) is 0 Å². The lowest BCUT2D eigenvalue weighted by Crippen LogP contribution is -2.41. The minimum absolute atomic E-state index is 0.00406. The first-order valence-electron chi connectivity index (χ1n) is 8.91. The molecular weight excluding hydrogens is 350 g/mol. The zero-order valence-corrected chi connectivity index (χ0v) is 14.4. The van der Waals surface area contributed by atoms with Crippen LogP contribution >= 0.6 is 0 Å². The molecule has 1 amide bonds. The van der Waals surface area contributed by atoms with Gasteiger partial charge in [0.05, 0.1) is 0 Å². The second kappa shape index (κ2) is 7.90. The number of ether oxygens (including phenoxy) is 1. The molecule has 1 atom stereocenters. The summed E-state index contributed by atoms with van der Waals surface area (Å²) in [6, 6.07) is 12.6. The molecule has 0 bridgehead atoms. The summed E-state index contributed by atoms with van der Waals surface area (Å²) in [5.74, 6) is -2.17. The monoisotopic (exact) mass is 370 g/mol. The highest BCUT2D eigenvalue weighted by atomic mass is 16.5.